The summed E-state index contributed by atoms with van der Waals surface area (Å²) in [5.41, 5.74) is 1.26. The molecule has 72 valence electrons. The van der Waals surface area contributed by atoms with Gasteiger partial charge in [0.15, 0.2) is 0 Å². The molecule has 0 fully saturated rings. The van der Waals surface area contributed by atoms with E-state index < -0.39 is 0 Å². The third-order valence-electron chi connectivity index (χ3n) is 2.38. The summed E-state index contributed by atoms with van der Waals surface area (Å²) in [5, 5.41) is 3.45. The van der Waals surface area contributed by atoms with Crippen molar-refractivity contribution in [1.82, 2.24) is 5.32 Å². The fourth-order valence-electron chi connectivity index (χ4n) is 1.27. The highest BCUT2D eigenvalue weighted by atomic mass is 14.9. The minimum atomic E-state index is 0.518. The first-order chi connectivity index (χ1) is 5.61. The van der Waals surface area contributed by atoms with Gasteiger partial charge < -0.3 is 5.32 Å². The van der Waals surface area contributed by atoms with Crippen molar-refractivity contribution in [1.29, 1.82) is 0 Å². The number of hydrogen-bond acceptors (Lipinski definition) is 1. The summed E-state index contributed by atoms with van der Waals surface area (Å²) >= 11 is 0. The van der Waals surface area contributed by atoms with E-state index in [4.69, 9.17) is 0 Å². The predicted molar refractivity (Wildman–Crippen MR) is 56.4 cm³/mol. The molecule has 0 aliphatic carbocycles. The van der Waals surface area contributed by atoms with Crippen LogP contribution in [0.3, 0.4) is 0 Å². The summed E-state index contributed by atoms with van der Waals surface area (Å²) < 4.78 is 0. The maximum Gasteiger partial charge on any atom is 0.0276 e. The Morgan fingerprint density at radius 2 is 2.00 bits per heavy atom. The van der Waals surface area contributed by atoms with Crippen molar-refractivity contribution < 1.29 is 0 Å². The molecule has 0 saturated carbocycles. The lowest BCUT2D eigenvalue weighted by molar-refractivity contribution is 0.432. The van der Waals surface area contributed by atoms with E-state index in [1.165, 1.54) is 18.4 Å². The highest BCUT2D eigenvalue weighted by Gasteiger charge is 2.10. The zero-order valence-corrected chi connectivity index (χ0v) is 8.98. The van der Waals surface area contributed by atoms with E-state index in [0.717, 1.165) is 12.5 Å². The van der Waals surface area contributed by atoms with E-state index in [1.807, 2.05) is 0 Å². The Kier molecular flexibility index (Phi) is 6.09. The first kappa shape index (κ1) is 11.7. The van der Waals surface area contributed by atoms with E-state index >= 15 is 0 Å². The molecule has 0 saturated heterocycles. The molecular weight excluding hydrogens is 146 g/mol. The van der Waals surface area contributed by atoms with Crippen LogP contribution in [0.2, 0.25) is 0 Å². The van der Waals surface area contributed by atoms with Crippen molar-refractivity contribution in [3.05, 3.63) is 12.2 Å². The van der Waals surface area contributed by atoms with Crippen LogP contribution in [0.5, 0.6) is 0 Å². The zero-order valence-electron chi connectivity index (χ0n) is 8.98. The van der Waals surface area contributed by atoms with Crippen LogP contribution in [0.4, 0.5) is 0 Å². The normalized spacial score (nSPS) is 15.7. The smallest absolute Gasteiger partial charge is 0.0276 e. The van der Waals surface area contributed by atoms with Crippen LogP contribution in [0.15, 0.2) is 12.2 Å². The Bertz CT molecular complexity index is 129. The minimum absolute atomic E-state index is 0.518. The molecule has 2 unspecified atom stereocenters. The van der Waals surface area contributed by atoms with Crippen LogP contribution in [-0.2, 0) is 0 Å². The van der Waals surface area contributed by atoms with Crippen LogP contribution in [0.25, 0.3) is 0 Å². The predicted octanol–water partition coefficient (Wildman–Crippen LogP) is 2.98. The lowest BCUT2D eigenvalue weighted by Crippen LogP contribution is -2.31. The van der Waals surface area contributed by atoms with E-state index in [2.05, 4.69) is 39.6 Å². The van der Waals surface area contributed by atoms with E-state index in [1.54, 1.807) is 0 Å². The average Bonchev–Trinajstić information content (AvgIpc) is 2.03. The van der Waals surface area contributed by atoms with Gasteiger partial charge in [-0.25, -0.2) is 0 Å². The van der Waals surface area contributed by atoms with Gasteiger partial charge in [-0.15, -0.1) is 0 Å². The van der Waals surface area contributed by atoms with E-state index in [-0.39, 0.29) is 0 Å². The third kappa shape index (κ3) is 4.55. The van der Waals surface area contributed by atoms with Gasteiger partial charge in [0.05, 0.1) is 0 Å². The van der Waals surface area contributed by atoms with Gasteiger partial charge in [-0.05, 0) is 25.8 Å². The summed E-state index contributed by atoms with van der Waals surface area (Å²) in [6.45, 7) is 13.8. The lowest BCUT2D eigenvalue weighted by atomic mass is 9.95. The monoisotopic (exact) mass is 169 g/mol. The molecule has 0 heterocycles. The Morgan fingerprint density at radius 1 is 1.42 bits per heavy atom. The Morgan fingerprint density at radius 3 is 2.33 bits per heavy atom. The summed E-state index contributed by atoms with van der Waals surface area (Å²) in [6.07, 6.45) is 2.48. The molecule has 0 rings (SSSR count). The van der Waals surface area contributed by atoms with Crippen molar-refractivity contribution in [2.75, 3.05) is 6.54 Å². The topological polar surface area (TPSA) is 12.0 Å². The van der Waals surface area contributed by atoms with Crippen LogP contribution in [0, 0.1) is 5.92 Å². The lowest BCUT2D eigenvalue weighted by Gasteiger charge is -2.21. The molecule has 2 atom stereocenters. The summed E-state index contributed by atoms with van der Waals surface area (Å²) in [6, 6.07) is 0.518. The molecule has 0 spiro atoms. The molecule has 1 nitrogen and oxygen atoms in total. The standard InChI is InChI=1S/C11H23N/c1-6-10(5)8-11(9(3)4)12-7-2/h10-12H,3,6-8H2,1-2,4-5H3. The molecule has 0 aromatic carbocycles. The summed E-state index contributed by atoms with van der Waals surface area (Å²) in [5.74, 6) is 0.797. The minimum Gasteiger partial charge on any atom is -0.311 e. The maximum absolute atomic E-state index is 4.00. The molecule has 12 heavy (non-hydrogen) atoms. The maximum atomic E-state index is 4.00. The molecule has 0 aromatic rings. The number of nitrogens with one attached hydrogen (secondary N) is 1. The SMILES string of the molecule is C=C(C)C(CC(C)CC)NCC. The van der Waals surface area contributed by atoms with Gasteiger partial charge in [-0.2, -0.15) is 0 Å². The van der Waals surface area contributed by atoms with Gasteiger partial charge in [0.25, 0.3) is 0 Å². The molecule has 1 N–H and O–H groups in total. The first-order valence-electron chi connectivity index (χ1n) is 5.00. The third-order valence-corrected chi connectivity index (χ3v) is 2.38. The van der Waals surface area contributed by atoms with Crippen molar-refractivity contribution >= 4 is 0 Å². The molecule has 0 bridgehead atoms. The van der Waals surface area contributed by atoms with Crippen LogP contribution >= 0.6 is 0 Å². The largest absolute Gasteiger partial charge is 0.311 e. The number of rotatable bonds is 6. The molecule has 1 heteroatoms. The average molecular weight is 169 g/mol. The zero-order chi connectivity index (χ0) is 9.56. The van der Waals surface area contributed by atoms with Crippen LogP contribution < -0.4 is 5.32 Å². The summed E-state index contributed by atoms with van der Waals surface area (Å²) in [4.78, 5) is 0. The molecule has 0 aromatic heterocycles. The van der Waals surface area contributed by atoms with Gasteiger partial charge >= 0.3 is 0 Å². The van der Waals surface area contributed by atoms with Crippen molar-refractivity contribution in [2.24, 2.45) is 5.92 Å². The van der Waals surface area contributed by atoms with Gasteiger partial charge in [0.2, 0.25) is 0 Å². The van der Waals surface area contributed by atoms with E-state index in [9.17, 15) is 0 Å². The first-order valence-corrected chi connectivity index (χ1v) is 5.00. The van der Waals surface area contributed by atoms with Gasteiger partial charge in [-0.3, -0.25) is 0 Å². The quantitative estimate of drug-likeness (QED) is 0.603. The second-order valence-corrected chi connectivity index (χ2v) is 3.71. The van der Waals surface area contributed by atoms with Crippen molar-refractivity contribution in [3.8, 4) is 0 Å². The van der Waals surface area contributed by atoms with Crippen molar-refractivity contribution in [2.45, 2.75) is 46.6 Å². The molecule has 0 amide bonds. The van der Waals surface area contributed by atoms with Gasteiger partial charge in [0, 0.05) is 6.04 Å². The Labute approximate surface area is 77.2 Å². The fraction of sp³-hybridized carbons (Fsp3) is 0.818. The van der Waals surface area contributed by atoms with Gasteiger partial charge in [-0.1, -0.05) is 39.3 Å². The van der Waals surface area contributed by atoms with Gasteiger partial charge in [0.1, 0.15) is 0 Å². The Hall–Kier alpha value is -0.300. The molecule has 0 aliphatic rings. The fourth-order valence-corrected chi connectivity index (χ4v) is 1.27. The second-order valence-electron chi connectivity index (χ2n) is 3.71. The van der Waals surface area contributed by atoms with Crippen LogP contribution in [-0.4, -0.2) is 12.6 Å². The molecule has 0 aliphatic heterocycles. The number of likely N-dealkylation sites (N-methyl/N-ethyl adjacent to an activating group) is 1. The van der Waals surface area contributed by atoms with Crippen LogP contribution in [0.1, 0.15) is 40.5 Å². The van der Waals surface area contributed by atoms with E-state index in [0.29, 0.717) is 6.04 Å². The molecule has 0 radical (unpaired) electrons. The molecular formula is C11H23N. The Balaban J connectivity index is 3.86. The number of hydrogen-bond donors (Lipinski definition) is 1. The second kappa shape index (κ2) is 6.24. The highest BCUT2D eigenvalue weighted by molar-refractivity contribution is 5.01. The highest BCUT2D eigenvalue weighted by Crippen LogP contribution is 2.13. The summed E-state index contributed by atoms with van der Waals surface area (Å²) in [7, 11) is 0. The van der Waals surface area contributed by atoms with Crippen molar-refractivity contribution in [3.63, 3.8) is 0 Å².